The van der Waals surface area contributed by atoms with Gasteiger partial charge in [0.15, 0.2) is 18.1 Å². The Balaban J connectivity index is 1.94. The lowest BCUT2D eigenvalue weighted by Gasteiger charge is -2.13. The quantitative estimate of drug-likeness (QED) is 0.582. The predicted octanol–water partition coefficient (Wildman–Crippen LogP) is 3.89. The second-order valence-corrected chi connectivity index (χ2v) is 7.89. The molecule has 2 aromatic carbocycles. The van der Waals surface area contributed by atoms with E-state index in [2.05, 4.69) is 37.0 Å². The van der Waals surface area contributed by atoms with E-state index in [1.807, 2.05) is 24.3 Å². The van der Waals surface area contributed by atoms with Crippen LogP contribution >= 0.6 is 31.9 Å². The minimum atomic E-state index is -0.592. The molecule has 1 heterocycles. The molecule has 2 amide bonds. The Bertz CT molecular complexity index is 1050. The third-order valence-corrected chi connectivity index (χ3v) is 5.25. The number of nitrogens with two attached hydrogens (primary N) is 1. The SMILES string of the molecule is COc1cc(/C=C2/C(=O)N(c3cccc(Br)c3)N=C2C)c(Br)cc1OCC(N)=O. The third-order valence-electron chi connectivity index (χ3n) is 4.07. The van der Waals surface area contributed by atoms with Crippen LogP contribution in [0.3, 0.4) is 0 Å². The minimum Gasteiger partial charge on any atom is -0.493 e. The Hall–Kier alpha value is -2.65. The molecule has 7 nitrogen and oxygen atoms in total. The number of primary amides is 1. The number of methoxy groups -OCH3 is 1. The van der Waals surface area contributed by atoms with E-state index < -0.39 is 5.91 Å². The van der Waals surface area contributed by atoms with E-state index in [0.717, 1.165) is 4.47 Å². The summed E-state index contributed by atoms with van der Waals surface area (Å²) in [6, 6.07) is 10.7. The summed E-state index contributed by atoms with van der Waals surface area (Å²) in [5.41, 5.74) is 7.54. The molecular formula is C20H17Br2N3O4. The topological polar surface area (TPSA) is 94.2 Å². The molecule has 29 heavy (non-hydrogen) atoms. The van der Waals surface area contributed by atoms with Crippen LogP contribution in [0.2, 0.25) is 0 Å². The zero-order valence-electron chi connectivity index (χ0n) is 15.6. The molecule has 0 saturated heterocycles. The maximum Gasteiger partial charge on any atom is 0.280 e. The van der Waals surface area contributed by atoms with Crippen LogP contribution in [0, 0.1) is 0 Å². The second-order valence-electron chi connectivity index (χ2n) is 6.12. The number of benzene rings is 2. The smallest absolute Gasteiger partial charge is 0.280 e. The Labute approximate surface area is 184 Å². The molecule has 0 aliphatic carbocycles. The zero-order chi connectivity index (χ0) is 21.1. The molecular weight excluding hydrogens is 506 g/mol. The van der Waals surface area contributed by atoms with Crippen LogP contribution in [-0.2, 0) is 9.59 Å². The first kappa shape index (κ1) is 21.1. The first-order valence-electron chi connectivity index (χ1n) is 8.46. The zero-order valence-corrected chi connectivity index (χ0v) is 18.8. The van der Waals surface area contributed by atoms with Gasteiger partial charge in [-0.3, -0.25) is 9.59 Å². The number of carbonyl (C=O) groups is 2. The normalized spacial score (nSPS) is 14.9. The van der Waals surface area contributed by atoms with Gasteiger partial charge in [0.1, 0.15) is 0 Å². The number of halogens is 2. The summed E-state index contributed by atoms with van der Waals surface area (Å²) in [5.74, 6) is -0.0599. The van der Waals surface area contributed by atoms with E-state index in [9.17, 15) is 9.59 Å². The van der Waals surface area contributed by atoms with Crippen LogP contribution in [0.4, 0.5) is 5.69 Å². The summed E-state index contributed by atoms with van der Waals surface area (Å²) in [5, 5.41) is 5.75. The fraction of sp³-hybridized carbons (Fsp3) is 0.150. The van der Waals surface area contributed by atoms with E-state index >= 15 is 0 Å². The van der Waals surface area contributed by atoms with Crippen LogP contribution in [0.5, 0.6) is 11.5 Å². The third kappa shape index (κ3) is 4.68. The second kappa shape index (κ2) is 8.79. The van der Waals surface area contributed by atoms with Crippen molar-refractivity contribution in [2.45, 2.75) is 6.92 Å². The van der Waals surface area contributed by atoms with Crippen LogP contribution in [-0.4, -0.2) is 31.2 Å². The average Bonchev–Trinajstić information content (AvgIpc) is 2.96. The van der Waals surface area contributed by atoms with Crippen molar-refractivity contribution in [2.24, 2.45) is 10.8 Å². The molecule has 0 unspecified atom stereocenters. The van der Waals surface area contributed by atoms with Crippen molar-refractivity contribution in [1.82, 2.24) is 0 Å². The van der Waals surface area contributed by atoms with E-state index in [4.69, 9.17) is 15.2 Å². The van der Waals surface area contributed by atoms with E-state index in [1.165, 1.54) is 12.1 Å². The van der Waals surface area contributed by atoms with Crippen molar-refractivity contribution in [3.63, 3.8) is 0 Å². The first-order chi connectivity index (χ1) is 13.8. The summed E-state index contributed by atoms with van der Waals surface area (Å²) in [4.78, 5) is 23.9. The van der Waals surface area contributed by atoms with Gasteiger partial charge in [-0.2, -0.15) is 10.1 Å². The molecule has 0 saturated carbocycles. The van der Waals surface area contributed by atoms with Crippen molar-refractivity contribution in [2.75, 3.05) is 18.7 Å². The fourth-order valence-corrected chi connectivity index (χ4v) is 3.53. The Kier molecular flexibility index (Phi) is 6.39. The number of anilines is 1. The number of amides is 2. The first-order valence-corrected chi connectivity index (χ1v) is 10.0. The molecule has 2 N–H and O–H groups in total. The van der Waals surface area contributed by atoms with Gasteiger partial charge in [0.25, 0.3) is 11.8 Å². The predicted molar refractivity (Wildman–Crippen MR) is 118 cm³/mol. The average molecular weight is 523 g/mol. The van der Waals surface area contributed by atoms with Crippen LogP contribution in [0.25, 0.3) is 6.08 Å². The van der Waals surface area contributed by atoms with Crippen molar-refractivity contribution in [3.8, 4) is 11.5 Å². The maximum absolute atomic E-state index is 12.9. The van der Waals surface area contributed by atoms with Crippen molar-refractivity contribution in [3.05, 3.63) is 56.5 Å². The van der Waals surface area contributed by atoms with Gasteiger partial charge in [0, 0.05) is 8.95 Å². The molecule has 150 valence electrons. The number of hydrogen-bond acceptors (Lipinski definition) is 5. The van der Waals surface area contributed by atoms with Gasteiger partial charge < -0.3 is 15.2 Å². The number of rotatable bonds is 6. The lowest BCUT2D eigenvalue weighted by atomic mass is 10.1. The fourth-order valence-electron chi connectivity index (χ4n) is 2.71. The van der Waals surface area contributed by atoms with E-state index in [1.54, 1.807) is 25.1 Å². The summed E-state index contributed by atoms with van der Waals surface area (Å²) in [6.07, 6.45) is 1.73. The minimum absolute atomic E-state index is 0.236. The van der Waals surface area contributed by atoms with E-state index in [-0.39, 0.29) is 12.5 Å². The van der Waals surface area contributed by atoms with Gasteiger partial charge in [-0.15, -0.1) is 0 Å². The van der Waals surface area contributed by atoms with E-state index in [0.29, 0.717) is 38.5 Å². The van der Waals surface area contributed by atoms with Crippen LogP contribution < -0.4 is 20.2 Å². The Morgan fingerprint density at radius 2 is 2.00 bits per heavy atom. The van der Waals surface area contributed by atoms with Crippen molar-refractivity contribution < 1.29 is 19.1 Å². The van der Waals surface area contributed by atoms with Gasteiger partial charge in [0.05, 0.1) is 24.1 Å². The molecule has 0 spiro atoms. The number of carbonyl (C=O) groups excluding carboxylic acids is 2. The molecule has 0 fully saturated rings. The molecule has 9 heteroatoms. The van der Waals surface area contributed by atoms with Crippen LogP contribution in [0.15, 0.2) is 56.0 Å². The highest BCUT2D eigenvalue weighted by molar-refractivity contribution is 9.10. The van der Waals surface area contributed by atoms with Gasteiger partial charge in [-0.25, -0.2) is 0 Å². The van der Waals surface area contributed by atoms with Gasteiger partial charge in [-0.05, 0) is 48.9 Å². The number of hydrazone groups is 1. The summed E-state index contributed by atoms with van der Waals surface area (Å²) in [7, 11) is 1.49. The lowest BCUT2D eigenvalue weighted by Crippen LogP contribution is -2.21. The highest BCUT2D eigenvalue weighted by Crippen LogP contribution is 2.35. The summed E-state index contributed by atoms with van der Waals surface area (Å²) >= 11 is 6.87. The number of hydrogen-bond donors (Lipinski definition) is 1. The molecule has 0 atom stereocenters. The highest BCUT2D eigenvalue weighted by Gasteiger charge is 2.29. The molecule has 1 aliphatic rings. The standard InChI is InChI=1S/C20H17Br2N3O4/c1-11-15(20(27)25(24-11)14-5-3-4-13(21)8-14)6-12-7-17(28-2)18(9-16(12)22)29-10-19(23)26/h3-9H,10H2,1-2H3,(H2,23,26)/b15-6+. The number of nitrogens with zero attached hydrogens (tertiary/aromatic N) is 2. The highest BCUT2D eigenvalue weighted by atomic mass is 79.9. The lowest BCUT2D eigenvalue weighted by molar-refractivity contribution is -0.120. The molecule has 0 aromatic heterocycles. The van der Waals surface area contributed by atoms with Crippen LogP contribution in [0.1, 0.15) is 12.5 Å². The maximum atomic E-state index is 12.9. The molecule has 2 aromatic rings. The molecule has 1 aliphatic heterocycles. The Morgan fingerprint density at radius 3 is 2.66 bits per heavy atom. The van der Waals surface area contributed by atoms with Gasteiger partial charge >= 0.3 is 0 Å². The molecule has 0 radical (unpaired) electrons. The monoisotopic (exact) mass is 521 g/mol. The largest absolute Gasteiger partial charge is 0.493 e. The van der Waals surface area contributed by atoms with Crippen molar-refractivity contribution >= 4 is 61.1 Å². The summed E-state index contributed by atoms with van der Waals surface area (Å²) < 4.78 is 12.2. The van der Waals surface area contributed by atoms with Gasteiger partial charge in [-0.1, -0.05) is 37.9 Å². The summed E-state index contributed by atoms with van der Waals surface area (Å²) in [6.45, 7) is 1.51. The number of ether oxygens (including phenoxy) is 2. The molecule has 0 bridgehead atoms. The molecule has 3 rings (SSSR count). The Morgan fingerprint density at radius 1 is 1.24 bits per heavy atom. The van der Waals surface area contributed by atoms with Crippen molar-refractivity contribution in [1.29, 1.82) is 0 Å². The van der Waals surface area contributed by atoms with Gasteiger partial charge in [0.2, 0.25) is 0 Å².